The van der Waals surface area contributed by atoms with Gasteiger partial charge in [0.2, 0.25) is 0 Å². The van der Waals surface area contributed by atoms with Crippen molar-refractivity contribution in [3.05, 3.63) is 29.8 Å². The second-order valence-corrected chi connectivity index (χ2v) is 4.79. The fourth-order valence-corrected chi connectivity index (χ4v) is 1.64. The Bertz CT molecular complexity index is 418. The van der Waals surface area contributed by atoms with Crippen molar-refractivity contribution in [2.75, 3.05) is 0 Å². The Morgan fingerprint density at radius 2 is 1.95 bits per heavy atom. The molecule has 0 bridgehead atoms. The molecule has 2 N–H and O–H groups in total. The molecule has 0 aliphatic rings. The molecule has 0 aliphatic heterocycles. The largest absolute Gasteiger partial charge is 0.481 e. The van der Waals surface area contributed by atoms with E-state index in [-0.39, 0.29) is 11.9 Å². The Balaban J connectivity index is 2.71. The Morgan fingerprint density at radius 3 is 2.53 bits per heavy atom. The van der Waals surface area contributed by atoms with E-state index >= 15 is 0 Å². The summed E-state index contributed by atoms with van der Waals surface area (Å²) >= 11 is 0. The van der Waals surface area contributed by atoms with Crippen molar-refractivity contribution >= 4 is 5.91 Å². The van der Waals surface area contributed by atoms with Gasteiger partial charge in [0.05, 0.1) is 6.10 Å². The molecular formula is C15H23NO3. The quantitative estimate of drug-likeness (QED) is 0.830. The number of amides is 1. The van der Waals surface area contributed by atoms with E-state index < -0.39 is 12.2 Å². The lowest BCUT2D eigenvalue weighted by molar-refractivity contribution is -0.127. The third-order valence-electron chi connectivity index (χ3n) is 3.04. The first kappa shape index (κ1) is 15.5. The van der Waals surface area contributed by atoms with Crippen LogP contribution in [0, 0.1) is 0 Å². The predicted octanol–water partition coefficient (Wildman–Crippen LogP) is 2.42. The molecule has 0 saturated carbocycles. The maximum atomic E-state index is 11.9. The molecule has 19 heavy (non-hydrogen) atoms. The maximum absolute atomic E-state index is 11.9. The van der Waals surface area contributed by atoms with Gasteiger partial charge in [-0.25, -0.2) is 0 Å². The van der Waals surface area contributed by atoms with Gasteiger partial charge in [-0.3, -0.25) is 4.79 Å². The molecule has 0 spiro atoms. The van der Waals surface area contributed by atoms with Gasteiger partial charge >= 0.3 is 0 Å². The molecule has 106 valence electrons. The minimum absolute atomic E-state index is 0.130. The highest BCUT2D eigenvalue weighted by Gasteiger charge is 2.18. The minimum atomic E-state index is -0.624. The van der Waals surface area contributed by atoms with Crippen LogP contribution in [0.5, 0.6) is 5.75 Å². The van der Waals surface area contributed by atoms with Crippen molar-refractivity contribution in [3.8, 4) is 5.75 Å². The number of carbonyl (C=O) groups excluding carboxylic acids is 1. The summed E-state index contributed by atoms with van der Waals surface area (Å²) < 4.78 is 5.64. The van der Waals surface area contributed by atoms with Crippen molar-refractivity contribution in [2.45, 2.75) is 52.4 Å². The van der Waals surface area contributed by atoms with Gasteiger partial charge in [0, 0.05) is 11.6 Å². The molecule has 4 heteroatoms. The molecule has 0 saturated heterocycles. The van der Waals surface area contributed by atoms with Crippen LogP contribution >= 0.6 is 0 Å². The van der Waals surface area contributed by atoms with E-state index in [1.807, 2.05) is 26.0 Å². The highest BCUT2D eigenvalue weighted by Crippen LogP contribution is 2.25. The number of para-hydroxylation sites is 1. The van der Waals surface area contributed by atoms with Gasteiger partial charge in [-0.15, -0.1) is 0 Å². The van der Waals surface area contributed by atoms with Crippen LogP contribution in [0.15, 0.2) is 24.3 Å². The molecule has 0 aromatic heterocycles. The highest BCUT2D eigenvalue weighted by atomic mass is 16.5. The average molecular weight is 265 g/mol. The van der Waals surface area contributed by atoms with Crippen molar-refractivity contribution in [3.63, 3.8) is 0 Å². The van der Waals surface area contributed by atoms with Crippen LogP contribution in [0.3, 0.4) is 0 Å². The van der Waals surface area contributed by atoms with Crippen LogP contribution in [0.1, 0.15) is 45.8 Å². The molecule has 1 rings (SSSR count). The maximum Gasteiger partial charge on any atom is 0.260 e. The Kier molecular flexibility index (Phi) is 5.83. The van der Waals surface area contributed by atoms with Crippen LogP contribution in [0.25, 0.3) is 0 Å². The topological polar surface area (TPSA) is 58.6 Å². The van der Waals surface area contributed by atoms with Crippen LogP contribution in [-0.2, 0) is 4.79 Å². The van der Waals surface area contributed by atoms with Gasteiger partial charge < -0.3 is 15.2 Å². The number of aliphatic hydroxyl groups is 1. The monoisotopic (exact) mass is 265 g/mol. The van der Waals surface area contributed by atoms with E-state index in [9.17, 15) is 9.90 Å². The molecule has 3 atom stereocenters. The SMILES string of the molecule is CCC(C)NC(=O)C(C)Oc1ccccc1[C@H](C)O. The Labute approximate surface area is 114 Å². The molecule has 0 fully saturated rings. The fraction of sp³-hybridized carbons (Fsp3) is 0.533. The zero-order valence-corrected chi connectivity index (χ0v) is 12.0. The molecule has 1 aromatic carbocycles. The first-order valence-corrected chi connectivity index (χ1v) is 6.69. The molecule has 0 aliphatic carbocycles. The molecule has 1 aromatic rings. The number of ether oxygens (including phenoxy) is 1. The number of hydrogen-bond acceptors (Lipinski definition) is 3. The van der Waals surface area contributed by atoms with Crippen molar-refractivity contribution < 1.29 is 14.6 Å². The van der Waals surface area contributed by atoms with Crippen LogP contribution in [0.2, 0.25) is 0 Å². The Hall–Kier alpha value is -1.55. The summed E-state index contributed by atoms with van der Waals surface area (Å²) in [4.78, 5) is 11.9. The summed E-state index contributed by atoms with van der Waals surface area (Å²) in [5.41, 5.74) is 0.686. The van der Waals surface area contributed by atoms with Gasteiger partial charge in [0.25, 0.3) is 5.91 Å². The summed E-state index contributed by atoms with van der Waals surface area (Å²) in [5.74, 6) is 0.402. The zero-order chi connectivity index (χ0) is 14.4. The highest BCUT2D eigenvalue weighted by molar-refractivity contribution is 5.81. The van der Waals surface area contributed by atoms with Gasteiger partial charge in [0.1, 0.15) is 5.75 Å². The second-order valence-electron chi connectivity index (χ2n) is 4.79. The number of rotatable bonds is 6. The van der Waals surface area contributed by atoms with E-state index in [1.54, 1.807) is 26.0 Å². The first-order valence-electron chi connectivity index (χ1n) is 6.69. The van der Waals surface area contributed by atoms with E-state index in [4.69, 9.17) is 4.74 Å². The number of carbonyl (C=O) groups is 1. The molecule has 0 heterocycles. The van der Waals surface area contributed by atoms with Crippen molar-refractivity contribution in [1.82, 2.24) is 5.32 Å². The van der Waals surface area contributed by atoms with Crippen molar-refractivity contribution in [1.29, 1.82) is 0 Å². The lowest BCUT2D eigenvalue weighted by Gasteiger charge is -2.20. The first-order chi connectivity index (χ1) is 8.95. The van der Waals surface area contributed by atoms with E-state index in [1.165, 1.54) is 0 Å². The summed E-state index contributed by atoms with van der Waals surface area (Å²) in [7, 11) is 0. The third-order valence-corrected chi connectivity index (χ3v) is 3.04. The summed E-state index contributed by atoms with van der Waals surface area (Å²) in [6.45, 7) is 7.34. The minimum Gasteiger partial charge on any atom is -0.481 e. The molecular weight excluding hydrogens is 242 g/mol. The number of nitrogens with one attached hydrogen (secondary N) is 1. The fourth-order valence-electron chi connectivity index (χ4n) is 1.64. The number of hydrogen-bond donors (Lipinski definition) is 2. The van der Waals surface area contributed by atoms with E-state index in [2.05, 4.69) is 5.32 Å². The molecule has 4 nitrogen and oxygen atoms in total. The lowest BCUT2D eigenvalue weighted by Crippen LogP contribution is -2.41. The lowest BCUT2D eigenvalue weighted by atomic mass is 10.1. The second kappa shape index (κ2) is 7.14. The summed E-state index contributed by atoms with van der Waals surface area (Å²) in [6, 6.07) is 7.33. The van der Waals surface area contributed by atoms with E-state index in [0.717, 1.165) is 6.42 Å². The predicted molar refractivity (Wildman–Crippen MR) is 75.1 cm³/mol. The van der Waals surface area contributed by atoms with Gasteiger partial charge in [-0.05, 0) is 33.3 Å². The normalized spacial score (nSPS) is 15.4. The van der Waals surface area contributed by atoms with Gasteiger partial charge in [-0.2, -0.15) is 0 Å². The van der Waals surface area contributed by atoms with Crippen molar-refractivity contribution in [2.24, 2.45) is 0 Å². The van der Waals surface area contributed by atoms with Crippen LogP contribution < -0.4 is 10.1 Å². The number of aliphatic hydroxyl groups excluding tert-OH is 1. The zero-order valence-electron chi connectivity index (χ0n) is 12.0. The number of benzene rings is 1. The Morgan fingerprint density at radius 1 is 1.32 bits per heavy atom. The smallest absolute Gasteiger partial charge is 0.260 e. The third kappa shape index (κ3) is 4.56. The standard InChI is InChI=1S/C15H23NO3/c1-5-10(2)16-15(18)12(4)19-14-9-7-6-8-13(14)11(3)17/h6-12,17H,5H2,1-4H3,(H,16,18)/t10?,11-,12?/m0/s1. The van der Waals surface area contributed by atoms with Gasteiger partial charge in [0.15, 0.2) is 6.10 Å². The van der Waals surface area contributed by atoms with E-state index in [0.29, 0.717) is 11.3 Å². The average Bonchev–Trinajstić information content (AvgIpc) is 2.38. The molecule has 2 unspecified atom stereocenters. The van der Waals surface area contributed by atoms with Crippen LogP contribution in [0.4, 0.5) is 0 Å². The van der Waals surface area contributed by atoms with Gasteiger partial charge in [-0.1, -0.05) is 25.1 Å². The molecule has 1 amide bonds. The summed E-state index contributed by atoms with van der Waals surface area (Å²) in [5, 5.41) is 12.5. The molecule has 0 radical (unpaired) electrons. The van der Waals surface area contributed by atoms with Crippen LogP contribution in [-0.4, -0.2) is 23.2 Å². The summed E-state index contributed by atoms with van der Waals surface area (Å²) in [6.07, 6.45) is -0.335.